The van der Waals surface area contributed by atoms with Gasteiger partial charge >= 0.3 is 0 Å². The van der Waals surface area contributed by atoms with Crippen molar-refractivity contribution in [1.29, 1.82) is 0 Å². The van der Waals surface area contributed by atoms with E-state index in [0.717, 1.165) is 33.5 Å². The summed E-state index contributed by atoms with van der Waals surface area (Å²) in [5.41, 5.74) is 2.81. The zero-order valence-electron chi connectivity index (χ0n) is 18.0. The first kappa shape index (κ1) is 21.0. The fraction of sp³-hybridized carbons (Fsp3) is 0.120. The highest BCUT2D eigenvalue weighted by atomic mass is 32.2. The van der Waals surface area contributed by atoms with Gasteiger partial charge in [0, 0.05) is 29.2 Å². The molecule has 3 aromatic heterocycles. The molecule has 3 heterocycles. The lowest BCUT2D eigenvalue weighted by Gasteiger charge is -2.11. The van der Waals surface area contributed by atoms with E-state index in [4.69, 9.17) is 9.15 Å². The molecule has 0 aliphatic carbocycles. The minimum absolute atomic E-state index is 0.523. The van der Waals surface area contributed by atoms with Crippen LogP contribution in [0.2, 0.25) is 0 Å². The standard InChI is InChI=1S/C25H21N5O2S/c1-2-31-21-12-10-20(11-13-21)30-24(19-9-6-14-26-15-19)28-29-25(30)33-17-23-27-16-22(32-23)18-7-4-3-5-8-18/h3-16H,2,17H2,1H3. The summed E-state index contributed by atoms with van der Waals surface area (Å²) >= 11 is 1.51. The third-order valence-corrected chi connectivity index (χ3v) is 5.81. The smallest absolute Gasteiger partial charge is 0.205 e. The van der Waals surface area contributed by atoms with E-state index in [-0.39, 0.29) is 0 Å². The Morgan fingerprint density at radius 2 is 1.73 bits per heavy atom. The summed E-state index contributed by atoms with van der Waals surface area (Å²) in [4.78, 5) is 8.67. The van der Waals surface area contributed by atoms with Gasteiger partial charge in [-0.25, -0.2) is 4.98 Å². The molecule has 0 amide bonds. The number of thioether (sulfide) groups is 1. The maximum absolute atomic E-state index is 5.96. The summed E-state index contributed by atoms with van der Waals surface area (Å²) in [5, 5.41) is 9.65. The summed E-state index contributed by atoms with van der Waals surface area (Å²) in [6.07, 6.45) is 5.27. The van der Waals surface area contributed by atoms with Gasteiger partial charge in [-0.1, -0.05) is 42.1 Å². The Labute approximate surface area is 195 Å². The minimum atomic E-state index is 0.523. The third-order valence-electron chi connectivity index (χ3n) is 4.90. The van der Waals surface area contributed by atoms with Crippen molar-refractivity contribution in [2.24, 2.45) is 0 Å². The molecule has 5 aromatic rings. The van der Waals surface area contributed by atoms with Crippen molar-refractivity contribution in [3.05, 3.63) is 91.2 Å². The van der Waals surface area contributed by atoms with Gasteiger partial charge in [0.2, 0.25) is 5.89 Å². The van der Waals surface area contributed by atoms with Gasteiger partial charge in [-0.2, -0.15) is 0 Å². The van der Waals surface area contributed by atoms with Crippen LogP contribution in [0, 0.1) is 0 Å². The van der Waals surface area contributed by atoms with E-state index < -0.39 is 0 Å². The Bertz CT molecular complexity index is 1320. The predicted molar refractivity (Wildman–Crippen MR) is 127 cm³/mol. The highest BCUT2D eigenvalue weighted by Gasteiger charge is 2.18. The minimum Gasteiger partial charge on any atom is -0.494 e. The van der Waals surface area contributed by atoms with Gasteiger partial charge < -0.3 is 9.15 Å². The van der Waals surface area contributed by atoms with E-state index in [0.29, 0.717) is 24.1 Å². The molecule has 0 saturated heterocycles. The molecule has 2 aromatic carbocycles. The molecule has 0 aliphatic rings. The van der Waals surface area contributed by atoms with Crippen LogP contribution in [0.4, 0.5) is 0 Å². The number of hydrogen-bond acceptors (Lipinski definition) is 7. The monoisotopic (exact) mass is 455 g/mol. The summed E-state index contributed by atoms with van der Waals surface area (Å²) in [5.74, 6) is 3.43. The number of rotatable bonds is 8. The van der Waals surface area contributed by atoms with Crippen LogP contribution in [0.1, 0.15) is 12.8 Å². The van der Waals surface area contributed by atoms with E-state index in [1.54, 1.807) is 18.6 Å². The zero-order chi connectivity index (χ0) is 22.5. The first-order chi connectivity index (χ1) is 16.3. The average Bonchev–Trinajstić information content (AvgIpc) is 3.52. The van der Waals surface area contributed by atoms with E-state index >= 15 is 0 Å². The maximum Gasteiger partial charge on any atom is 0.205 e. The highest BCUT2D eigenvalue weighted by molar-refractivity contribution is 7.98. The molecule has 5 rings (SSSR count). The number of aromatic nitrogens is 5. The topological polar surface area (TPSA) is 78.9 Å². The molecule has 164 valence electrons. The summed E-state index contributed by atoms with van der Waals surface area (Å²) in [7, 11) is 0. The summed E-state index contributed by atoms with van der Waals surface area (Å²) in [6.45, 7) is 2.59. The average molecular weight is 456 g/mol. The van der Waals surface area contributed by atoms with Crippen molar-refractivity contribution in [3.8, 4) is 34.1 Å². The molecular weight excluding hydrogens is 434 g/mol. The van der Waals surface area contributed by atoms with Crippen LogP contribution in [-0.4, -0.2) is 31.3 Å². The van der Waals surface area contributed by atoms with Crippen LogP contribution < -0.4 is 4.74 Å². The van der Waals surface area contributed by atoms with E-state index in [2.05, 4.69) is 20.2 Å². The van der Waals surface area contributed by atoms with Crippen molar-refractivity contribution in [3.63, 3.8) is 0 Å². The van der Waals surface area contributed by atoms with Crippen LogP contribution in [-0.2, 0) is 5.75 Å². The Balaban J connectivity index is 1.44. The summed E-state index contributed by atoms with van der Waals surface area (Å²) < 4.78 is 13.6. The van der Waals surface area contributed by atoms with Gasteiger partial charge in [-0.15, -0.1) is 10.2 Å². The molecule has 0 saturated carbocycles. The number of hydrogen-bond donors (Lipinski definition) is 0. The Morgan fingerprint density at radius 3 is 2.48 bits per heavy atom. The Morgan fingerprint density at radius 1 is 0.909 bits per heavy atom. The van der Waals surface area contributed by atoms with Gasteiger partial charge in [0.05, 0.1) is 18.6 Å². The van der Waals surface area contributed by atoms with Crippen molar-refractivity contribution in [2.75, 3.05) is 6.61 Å². The van der Waals surface area contributed by atoms with Crippen molar-refractivity contribution < 1.29 is 9.15 Å². The molecule has 0 bridgehead atoms. The second-order valence-electron chi connectivity index (χ2n) is 7.08. The first-order valence-corrected chi connectivity index (χ1v) is 11.5. The molecule has 33 heavy (non-hydrogen) atoms. The van der Waals surface area contributed by atoms with E-state index in [1.807, 2.05) is 78.2 Å². The Kier molecular flexibility index (Phi) is 6.16. The number of nitrogens with zero attached hydrogens (tertiary/aromatic N) is 5. The first-order valence-electron chi connectivity index (χ1n) is 10.5. The number of ether oxygens (including phenoxy) is 1. The molecule has 0 atom stereocenters. The molecule has 0 fully saturated rings. The van der Waals surface area contributed by atoms with Crippen LogP contribution in [0.25, 0.3) is 28.4 Å². The quantitative estimate of drug-likeness (QED) is 0.279. The largest absolute Gasteiger partial charge is 0.494 e. The van der Waals surface area contributed by atoms with Gasteiger partial charge in [-0.3, -0.25) is 9.55 Å². The third kappa shape index (κ3) is 4.65. The maximum atomic E-state index is 5.96. The van der Waals surface area contributed by atoms with Crippen LogP contribution in [0.3, 0.4) is 0 Å². The predicted octanol–water partition coefficient (Wildman–Crippen LogP) is 5.68. The number of benzene rings is 2. The normalized spacial score (nSPS) is 10.9. The van der Waals surface area contributed by atoms with Gasteiger partial charge in [0.25, 0.3) is 0 Å². The molecular formula is C25H21N5O2S. The number of oxazole rings is 1. The molecule has 0 radical (unpaired) electrons. The van der Waals surface area contributed by atoms with Crippen molar-refractivity contribution in [2.45, 2.75) is 17.8 Å². The van der Waals surface area contributed by atoms with Gasteiger partial charge in [0.1, 0.15) is 5.75 Å². The summed E-state index contributed by atoms with van der Waals surface area (Å²) in [6, 6.07) is 21.7. The SMILES string of the molecule is CCOc1ccc(-n2c(SCc3ncc(-c4ccccc4)o3)nnc2-c2cccnc2)cc1. The Hall–Kier alpha value is -3.91. The molecule has 7 nitrogen and oxygen atoms in total. The van der Waals surface area contributed by atoms with Crippen LogP contribution >= 0.6 is 11.8 Å². The van der Waals surface area contributed by atoms with Crippen molar-refractivity contribution in [1.82, 2.24) is 24.7 Å². The lowest BCUT2D eigenvalue weighted by molar-refractivity contribution is 0.340. The molecule has 0 N–H and O–H groups in total. The van der Waals surface area contributed by atoms with E-state index in [9.17, 15) is 0 Å². The molecule has 8 heteroatoms. The lowest BCUT2D eigenvalue weighted by atomic mass is 10.2. The van der Waals surface area contributed by atoms with E-state index in [1.165, 1.54) is 11.8 Å². The van der Waals surface area contributed by atoms with Crippen LogP contribution in [0.15, 0.2) is 94.9 Å². The molecule has 0 spiro atoms. The lowest BCUT2D eigenvalue weighted by Crippen LogP contribution is -2.00. The fourth-order valence-electron chi connectivity index (χ4n) is 3.38. The second-order valence-corrected chi connectivity index (χ2v) is 8.03. The van der Waals surface area contributed by atoms with Crippen LogP contribution in [0.5, 0.6) is 5.75 Å². The zero-order valence-corrected chi connectivity index (χ0v) is 18.8. The van der Waals surface area contributed by atoms with Gasteiger partial charge in [-0.05, 0) is 43.3 Å². The number of pyridine rings is 1. The molecule has 0 aliphatic heterocycles. The second kappa shape index (κ2) is 9.70. The molecule has 0 unspecified atom stereocenters. The highest BCUT2D eigenvalue weighted by Crippen LogP contribution is 2.31. The van der Waals surface area contributed by atoms with Crippen molar-refractivity contribution >= 4 is 11.8 Å². The fourth-order valence-corrected chi connectivity index (χ4v) is 4.18. The van der Waals surface area contributed by atoms with Gasteiger partial charge in [0.15, 0.2) is 16.7 Å².